The van der Waals surface area contributed by atoms with Gasteiger partial charge in [-0.3, -0.25) is 4.79 Å². The maximum atomic E-state index is 11.9. The van der Waals surface area contributed by atoms with E-state index in [0.717, 1.165) is 38.3 Å². The van der Waals surface area contributed by atoms with Gasteiger partial charge in [-0.1, -0.05) is 6.42 Å². The van der Waals surface area contributed by atoms with Crippen LogP contribution in [0.1, 0.15) is 25.7 Å². The van der Waals surface area contributed by atoms with Crippen molar-refractivity contribution in [3.63, 3.8) is 0 Å². The molecule has 0 aromatic carbocycles. The summed E-state index contributed by atoms with van der Waals surface area (Å²) < 4.78 is 4.97. The highest BCUT2D eigenvalue weighted by atomic mass is 16.5. The van der Waals surface area contributed by atoms with Gasteiger partial charge in [0.15, 0.2) is 0 Å². The number of hydrogen-bond donors (Lipinski definition) is 0. The van der Waals surface area contributed by atoms with Crippen LogP contribution in [0, 0.1) is 11.3 Å². The van der Waals surface area contributed by atoms with Gasteiger partial charge in [0, 0.05) is 19.6 Å². The summed E-state index contributed by atoms with van der Waals surface area (Å²) in [7, 11) is 5.83. The van der Waals surface area contributed by atoms with Crippen LogP contribution in [0.3, 0.4) is 0 Å². The van der Waals surface area contributed by atoms with Gasteiger partial charge in [0.05, 0.1) is 12.5 Å². The van der Waals surface area contributed by atoms with Crippen molar-refractivity contribution in [2.45, 2.75) is 25.7 Å². The van der Waals surface area contributed by atoms with Crippen LogP contribution in [-0.4, -0.2) is 63.2 Å². The van der Waals surface area contributed by atoms with E-state index in [1.54, 1.807) is 0 Å². The van der Waals surface area contributed by atoms with E-state index in [1.165, 1.54) is 26.6 Å². The van der Waals surface area contributed by atoms with E-state index in [0.29, 0.717) is 0 Å². The maximum Gasteiger partial charge on any atom is 0.313 e. The van der Waals surface area contributed by atoms with Crippen LogP contribution >= 0.6 is 0 Å². The van der Waals surface area contributed by atoms with Gasteiger partial charge in [-0.2, -0.15) is 0 Å². The largest absolute Gasteiger partial charge is 0.469 e. The highest BCUT2D eigenvalue weighted by molar-refractivity contribution is 5.78. The van der Waals surface area contributed by atoms with Gasteiger partial charge in [-0.05, 0) is 45.8 Å². The second-order valence-corrected chi connectivity index (χ2v) is 6.24. The Labute approximate surface area is 110 Å². The Morgan fingerprint density at radius 2 is 2.22 bits per heavy atom. The fraction of sp³-hybridized carbons (Fsp3) is 0.929. The standard InChI is InChI=1S/C14H26N2O2/c1-15-8-5-12(9-15)10-16(2)11-14(6-4-7-14)13(17)18-3/h12H,4-11H2,1-3H3. The molecule has 1 unspecified atom stereocenters. The third-order valence-electron chi connectivity index (χ3n) is 4.56. The molecule has 0 radical (unpaired) electrons. The average Bonchev–Trinajstić information content (AvgIpc) is 2.68. The minimum atomic E-state index is -0.200. The molecule has 0 spiro atoms. The highest BCUT2D eigenvalue weighted by Gasteiger charge is 2.46. The van der Waals surface area contributed by atoms with Crippen molar-refractivity contribution in [3.8, 4) is 0 Å². The molecular formula is C14H26N2O2. The van der Waals surface area contributed by atoms with E-state index in [9.17, 15) is 4.79 Å². The molecule has 1 heterocycles. The van der Waals surface area contributed by atoms with E-state index in [1.807, 2.05) is 0 Å². The lowest BCUT2D eigenvalue weighted by Crippen LogP contribution is -2.48. The normalized spacial score (nSPS) is 27.2. The van der Waals surface area contributed by atoms with Crippen LogP contribution in [-0.2, 0) is 9.53 Å². The monoisotopic (exact) mass is 254 g/mol. The quantitative estimate of drug-likeness (QED) is 0.691. The third-order valence-corrected chi connectivity index (χ3v) is 4.56. The Morgan fingerprint density at radius 3 is 2.67 bits per heavy atom. The number of carbonyl (C=O) groups is 1. The smallest absolute Gasteiger partial charge is 0.313 e. The number of rotatable bonds is 5. The number of nitrogens with zero attached hydrogens (tertiary/aromatic N) is 2. The molecule has 2 rings (SSSR count). The lowest BCUT2D eigenvalue weighted by Gasteiger charge is -2.41. The van der Waals surface area contributed by atoms with Gasteiger partial charge in [0.25, 0.3) is 0 Å². The molecule has 1 saturated carbocycles. The topological polar surface area (TPSA) is 32.8 Å². The summed E-state index contributed by atoms with van der Waals surface area (Å²) in [4.78, 5) is 16.6. The van der Waals surface area contributed by atoms with Crippen LogP contribution in [0.2, 0.25) is 0 Å². The molecule has 2 fully saturated rings. The molecule has 104 valence electrons. The van der Waals surface area contributed by atoms with Gasteiger partial charge in [0.2, 0.25) is 0 Å². The summed E-state index contributed by atoms with van der Waals surface area (Å²) in [6, 6.07) is 0. The van der Waals surface area contributed by atoms with Gasteiger partial charge >= 0.3 is 5.97 Å². The molecule has 0 aromatic heterocycles. The zero-order valence-corrected chi connectivity index (χ0v) is 11.9. The molecule has 1 atom stereocenters. The number of methoxy groups -OCH3 is 1. The fourth-order valence-corrected chi connectivity index (χ4v) is 3.44. The van der Waals surface area contributed by atoms with E-state index < -0.39 is 0 Å². The molecule has 18 heavy (non-hydrogen) atoms. The minimum absolute atomic E-state index is 0.0101. The number of carbonyl (C=O) groups excluding carboxylic acids is 1. The van der Waals surface area contributed by atoms with Gasteiger partial charge in [-0.15, -0.1) is 0 Å². The predicted octanol–water partition coefficient (Wildman–Crippen LogP) is 1.21. The second kappa shape index (κ2) is 5.57. The number of esters is 1. The van der Waals surface area contributed by atoms with Gasteiger partial charge < -0.3 is 14.5 Å². The van der Waals surface area contributed by atoms with E-state index in [4.69, 9.17) is 4.74 Å². The lowest BCUT2D eigenvalue weighted by molar-refractivity contribution is -0.160. The molecule has 0 aromatic rings. The van der Waals surface area contributed by atoms with Crippen molar-refractivity contribution in [3.05, 3.63) is 0 Å². The fourth-order valence-electron chi connectivity index (χ4n) is 3.44. The maximum absolute atomic E-state index is 11.9. The molecule has 1 aliphatic heterocycles. The van der Waals surface area contributed by atoms with E-state index in [2.05, 4.69) is 23.9 Å². The number of hydrogen-bond acceptors (Lipinski definition) is 4. The molecule has 4 nitrogen and oxygen atoms in total. The molecule has 4 heteroatoms. The molecule has 1 aliphatic carbocycles. The van der Waals surface area contributed by atoms with Crippen LogP contribution in [0.5, 0.6) is 0 Å². The first kappa shape index (κ1) is 13.8. The van der Waals surface area contributed by atoms with Crippen molar-refractivity contribution >= 4 is 5.97 Å². The predicted molar refractivity (Wildman–Crippen MR) is 71.4 cm³/mol. The Balaban J connectivity index is 1.82. The van der Waals surface area contributed by atoms with Gasteiger partial charge in [-0.25, -0.2) is 0 Å². The van der Waals surface area contributed by atoms with Crippen LogP contribution in [0.25, 0.3) is 0 Å². The van der Waals surface area contributed by atoms with E-state index >= 15 is 0 Å². The summed E-state index contributed by atoms with van der Waals surface area (Å²) in [5.41, 5.74) is -0.200. The van der Waals surface area contributed by atoms with Crippen molar-refractivity contribution in [2.75, 3.05) is 47.4 Å². The molecule has 2 aliphatic rings. The van der Waals surface area contributed by atoms with Crippen molar-refractivity contribution in [1.29, 1.82) is 0 Å². The summed E-state index contributed by atoms with van der Waals surface area (Å²) >= 11 is 0. The Kier molecular flexibility index (Phi) is 4.28. The molecule has 0 amide bonds. The van der Waals surface area contributed by atoms with Gasteiger partial charge in [0.1, 0.15) is 0 Å². The average molecular weight is 254 g/mol. The molecule has 1 saturated heterocycles. The van der Waals surface area contributed by atoms with Crippen LogP contribution < -0.4 is 0 Å². The summed E-state index contributed by atoms with van der Waals surface area (Å²) in [5, 5.41) is 0. The minimum Gasteiger partial charge on any atom is -0.469 e. The van der Waals surface area contributed by atoms with Crippen LogP contribution in [0.15, 0.2) is 0 Å². The lowest BCUT2D eigenvalue weighted by atomic mass is 9.68. The summed E-state index contributed by atoms with van der Waals surface area (Å²) in [6.45, 7) is 4.36. The molecule has 0 N–H and O–H groups in total. The van der Waals surface area contributed by atoms with Crippen molar-refractivity contribution in [1.82, 2.24) is 9.80 Å². The summed E-state index contributed by atoms with van der Waals surface area (Å²) in [6.07, 6.45) is 4.43. The van der Waals surface area contributed by atoms with Crippen molar-refractivity contribution < 1.29 is 9.53 Å². The number of ether oxygens (including phenoxy) is 1. The molecule has 0 bridgehead atoms. The Hall–Kier alpha value is -0.610. The zero-order valence-electron chi connectivity index (χ0n) is 11.9. The molecular weight excluding hydrogens is 228 g/mol. The van der Waals surface area contributed by atoms with Crippen molar-refractivity contribution in [2.24, 2.45) is 11.3 Å². The SMILES string of the molecule is COC(=O)C1(CN(C)CC2CCN(C)C2)CCC1. The summed E-state index contributed by atoms with van der Waals surface area (Å²) in [5.74, 6) is 0.749. The van der Waals surface area contributed by atoms with Crippen LogP contribution in [0.4, 0.5) is 0 Å². The Morgan fingerprint density at radius 1 is 1.50 bits per heavy atom. The first-order valence-corrected chi connectivity index (χ1v) is 7.01. The first-order valence-electron chi connectivity index (χ1n) is 7.01. The number of likely N-dealkylation sites (tertiary alicyclic amines) is 1. The first-order chi connectivity index (χ1) is 8.55. The Bertz CT molecular complexity index is 302. The zero-order chi connectivity index (χ0) is 13.2. The second-order valence-electron chi connectivity index (χ2n) is 6.24. The third kappa shape index (κ3) is 2.86. The highest BCUT2D eigenvalue weighted by Crippen LogP contribution is 2.42. The van der Waals surface area contributed by atoms with E-state index in [-0.39, 0.29) is 11.4 Å².